The third-order valence-corrected chi connectivity index (χ3v) is 2.26. The average molecular weight is 251 g/mol. The molecule has 0 unspecified atom stereocenters. The van der Waals surface area contributed by atoms with E-state index in [1.54, 1.807) is 18.3 Å². The summed E-state index contributed by atoms with van der Waals surface area (Å²) in [7, 11) is 0. The van der Waals surface area contributed by atoms with Gasteiger partial charge in [-0.1, -0.05) is 0 Å². The highest BCUT2D eigenvalue weighted by Gasteiger charge is 2.14. The van der Waals surface area contributed by atoms with Crippen LogP contribution in [0.5, 0.6) is 5.75 Å². The minimum atomic E-state index is -0.205. The fraction of sp³-hybridized carbons (Fsp3) is 0.538. The van der Waals surface area contributed by atoms with E-state index in [1.807, 2.05) is 13.8 Å². The Bertz CT molecular complexity index is 380. The van der Waals surface area contributed by atoms with Crippen molar-refractivity contribution in [1.82, 2.24) is 10.3 Å². The maximum Gasteiger partial charge on any atom is 0.273 e. The highest BCUT2D eigenvalue weighted by atomic mass is 16.5. The van der Waals surface area contributed by atoms with Crippen LogP contribution in [0.1, 0.15) is 37.2 Å². The van der Waals surface area contributed by atoms with Gasteiger partial charge in [-0.2, -0.15) is 0 Å². The van der Waals surface area contributed by atoms with E-state index in [1.165, 1.54) is 0 Å². The number of hydrogen-bond acceptors (Lipinski definition) is 4. The van der Waals surface area contributed by atoms with Gasteiger partial charge in [0, 0.05) is 12.7 Å². The Labute approximate surface area is 108 Å². The van der Waals surface area contributed by atoms with Crippen LogP contribution >= 0.6 is 0 Å². The molecule has 0 radical (unpaired) electrons. The summed E-state index contributed by atoms with van der Waals surface area (Å²) in [5, 5.41) is 2.81. The summed E-state index contributed by atoms with van der Waals surface area (Å²) in [6, 6.07) is 3.50. The van der Waals surface area contributed by atoms with Crippen molar-refractivity contribution in [1.29, 1.82) is 0 Å². The van der Waals surface area contributed by atoms with Crippen LogP contribution in [0.3, 0.4) is 0 Å². The van der Waals surface area contributed by atoms with Gasteiger partial charge in [-0.15, -0.1) is 0 Å². The number of nitrogens with two attached hydrogens (primary N) is 1. The maximum atomic E-state index is 11.9. The van der Waals surface area contributed by atoms with E-state index in [9.17, 15) is 4.79 Å². The normalized spacial score (nSPS) is 10.4. The lowest BCUT2D eigenvalue weighted by Gasteiger charge is -2.13. The first-order chi connectivity index (χ1) is 8.65. The molecular weight excluding hydrogens is 230 g/mol. The first kappa shape index (κ1) is 14.4. The Morgan fingerprint density at radius 3 is 2.94 bits per heavy atom. The second-order valence-electron chi connectivity index (χ2n) is 4.27. The first-order valence-electron chi connectivity index (χ1n) is 6.25. The van der Waals surface area contributed by atoms with E-state index < -0.39 is 0 Å². The van der Waals surface area contributed by atoms with Crippen molar-refractivity contribution >= 4 is 5.91 Å². The molecule has 0 aromatic carbocycles. The number of pyridine rings is 1. The molecule has 1 rings (SSSR count). The lowest BCUT2D eigenvalue weighted by molar-refractivity contribution is 0.0941. The van der Waals surface area contributed by atoms with E-state index in [-0.39, 0.29) is 12.0 Å². The molecule has 0 aliphatic carbocycles. The van der Waals surface area contributed by atoms with Crippen LogP contribution in [0.25, 0.3) is 0 Å². The monoisotopic (exact) mass is 251 g/mol. The molecular formula is C13H21N3O2. The van der Waals surface area contributed by atoms with E-state index in [4.69, 9.17) is 10.5 Å². The van der Waals surface area contributed by atoms with Crippen LogP contribution in [-0.2, 0) is 0 Å². The lowest BCUT2D eigenvalue weighted by atomic mass is 10.2. The van der Waals surface area contributed by atoms with Crippen molar-refractivity contribution in [2.75, 3.05) is 13.1 Å². The zero-order chi connectivity index (χ0) is 13.4. The third-order valence-electron chi connectivity index (χ3n) is 2.26. The highest BCUT2D eigenvalue weighted by molar-refractivity contribution is 5.94. The molecule has 0 atom stereocenters. The smallest absolute Gasteiger partial charge is 0.273 e. The molecule has 5 heteroatoms. The molecule has 0 saturated carbocycles. The van der Waals surface area contributed by atoms with Crippen molar-refractivity contribution in [3.63, 3.8) is 0 Å². The molecule has 3 N–H and O–H groups in total. The topological polar surface area (TPSA) is 77.2 Å². The third kappa shape index (κ3) is 4.71. The number of carbonyl (C=O) groups is 1. The number of unbranched alkanes of at least 4 members (excludes halogenated alkanes) is 1. The highest BCUT2D eigenvalue weighted by Crippen LogP contribution is 2.16. The fourth-order valence-electron chi connectivity index (χ4n) is 1.47. The molecule has 0 saturated heterocycles. The predicted octanol–water partition coefficient (Wildman–Crippen LogP) is 1.34. The molecule has 0 aliphatic rings. The summed E-state index contributed by atoms with van der Waals surface area (Å²) in [6.45, 7) is 5.07. The van der Waals surface area contributed by atoms with Crippen LogP contribution in [0.15, 0.2) is 18.3 Å². The average Bonchev–Trinajstić information content (AvgIpc) is 2.34. The van der Waals surface area contributed by atoms with Crippen LogP contribution < -0.4 is 15.8 Å². The second kappa shape index (κ2) is 7.66. The van der Waals surface area contributed by atoms with Gasteiger partial charge in [0.05, 0.1) is 6.10 Å². The van der Waals surface area contributed by atoms with Crippen molar-refractivity contribution < 1.29 is 9.53 Å². The Hall–Kier alpha value is -1.62. The summed E-state index contributed by atoms with van der Waals surface area (Å²) < 4.78 is 5.55. The lowest BCUT2D eigenvalue weighted by Crippen LogP contribution is -2.26. The Morgan fingerprint density at radius 2 is 2.28 bits per heavy atom. The summed E-state index contributed by atoms with van der Waals surface area (Å²) in [5.41, 5.74) is 5.72. The van der Waals surface area contributed by atoms with Gasteiger partial charge < -0.3 is 15.8 Å². The number of rotatable bonds is 7. The maximum absolute atomic E-state index is 11.9. The van der Waals surface area contributed by atoms with Gasteiger partial charge in [-0.05, 0) is 45.4 Å². The van der Waals surface area contributed by atoms with Gasteiger partial charge in [0.1, 0.15) is 0 Å². The van der Waals surface area contributed by atoms with E-state index in [2.05, 4.69) is 10.3 Å². The largest absolute Gasteiger partial charge is 0.489 e. The van der Waals surface area contributed by atoms with Gasteiger partial charge in [0.15, 0.2) is 11.4 Å². The van der Waals surface area contributed by atoms with Gasteiger partial charge in [0.25, 0.3) is 5.91 Å². The van der Waals surface area contributed by atoms with Crippen molar-refractivity contribution in [2.24, 2.45) is 5.73 Å². The molecule has 18 heavy (non-hydrogen) atoms. The zero-order valence-electron chi connectivity index (χ0n) is 11.0. The molecule has 1 amide bonds. The Kier molecular flexibility index (Phi) is 6.14. The van der Waals surface area contributed by atoms with Crippen molar-refractivity contribution in [3.8, 4) is 5.75 Å². The minimum Gasteiger partial charge on any atom is -0.489 e. The number of amides is 1. The molecule has 100 valence electrons. The minimum absolute atomic E-state index is 0.0120. The van der Waals surface area contributed by atoms with Crippen LogP contribution in [0.2, 0.25) is 0 Å². The molecule has 1 heterocycles. The predicted molar refractivity (Wildman–Crippen MR) is 70.6 cm³/mol. The first-order valence-corrected chi connectivity index (χ1v) is 6.25. The Morgan fingerprint density at radius 1 is 1.50 bits per heavy atom. The van der Waals surface area contributed by atoms with Crippen molar-refractivity contribution in [2.45, 2.75) is 32.8 Å². The standard InChI is InChI=1S/C13H21N3O2/c1-10(2)18-11-6-5-9-15-12(11)13(17)16-8-4-3-7-14/h5-6,9-10H,3-4,7-8,14H2,1-2H3,(H,16,17). The quantitative estimate of drug-likeness (QED) is 0.717. The van der Waals surface area contributed by atoms with Gasteiger partial charge in [0.2, 0.25) is 0 Å². The number of carbonyl (C=O) groups excluding carboxylic acids is 1. The molecule has 0 spiro atoms. The van der Waals surface area contributed by atoms with Gasteiger partial charge in [-0.3, -0.25) is 4.79 Å². The number of hydrogen-bond donors (Lipinski definition) is 2. The van der Waals surface area contributed by atoms with Crippen LogP contribution in [0.4, 0.5) is 0 Å². The van der Waals surface area contributed by atoms with E-state index in [0.717, 1.165) is 12.8 Å². The molecule has 0 fully saturated rings. The summed E-state index contributed by atoms with van der Waals surface area (Å²) in [4.78, 5) is 16.0. The number of nitrogens with zero attached hydrogens (tertiary/aromatic N) is 1. The molecule has 0 aliphatic heterocycles. The van der Waals surface area contributed by atoms with Crippen LogP contribution in [-0.4, -0.2) is 30.1 Å². The fourth-order valence-corrected chi connectivity index (χ4v) is 1.47. The molecule has 0 bridgehead atoms. The van der Waals surface area contributed by atoms with Crippen LogP contribution in [0, 0.1) is 0 Å². The Balaban J connectivity index is 2.61. The van der Waals surface area contributed by atoms with Crippen molar-refractivity contribution in [3.05, 3.63) is 24.0 Å². The van der Waals surface area contributed by atoms with E-state index in [0.29, 0.717) is 24.5 Å². The van der Waals surface area contributed by atoms with E-state index >= 15 is 0 Å². The molecule has 5 nitrogen and oxygen atoms in total. The summed E-state index contributed by atoms with van der Waals surface area (Å²) >= 11 is 0. The van der Waals surface area contributed by atoms with Gasteiger partial charge in [-0.25, -0.2) is 4.98 Å². The summed E-state index contributed by atoms with van der Waals surface area (Å²) in [5.74, 6) is 0.312. The SMILES string of the molecule is CC(C)Oc1cccnc1C(=O)NCCCCN. The number of aromatic nitrogens is 1. The number of ether oxygens (including phenoxy) is 1. The summed E-state index contributed by atoms with van der Waals surface area (Å²) in [6.07, 6.45) is 3.37. The van der Waals surface area contributed by atoms with Gasteiger partial charge >= 0.3 is 0 Å². The molecule has 1 aromatic heterocycles. The number of nitrogens with one attached hydrogen (secondary N) is 1. The second-order valence-corrected chi connectivity index (χ2v) is 4.27. The zero-order valence-corrected chi connectivity index (χ0v) is 11.0. The molecule has 1 aromatic rings.